The first-order valence-electron chi connectivity index (χ1n) is 27.7. The lowest BCUT2D eigenvalue weighted by Crippen LogP contribution is -2.60. The van der Waals surface area contributed by atoms with Crippen molar-refractivity contribution in [1.29, 1.82) is 0 Å². The maximum Gasteiger partial charge on any atom is 0.333 e. The summed E-state index contributed by atoms with van der Waals surface area (Å²) in [6.45, 7) is 14.9. The first-order chi connectivity index (χ1) is 39.2. The van der Waals surface area contributed by atoms with Gasteiger partial charge in [0.25, 0.3) is 0 Å². The maximum absolute atomic E-state index is 14.7. The molecule has 0 saturated carbocycles. The van der Waals surface area contributed by atoms with E-state index in [1.165, 1.54) is 53.1 Å². The van der Waals surface area contributed by atoms with Gasteiger partial charge in [0.05, 0.1) is 73.4 Å². The molecule has 2 aromatic heterocycles. The molecule has 3 aromatic rings. The first-order valence-corrected chi connectivity index (χ1v) is 32.0. The first kappa shape index (κ1) is 69.8. The minimum atomic E-state index is -4.41. The van der Waals surface area contributed by atoms with Crippen LogP contribution in [0.1, 0.15) is 111 Å². The third-order valence-corrected chi connectivity index (χ3v) is 17.6. The molecule has 7 amide bonds. The number of likely N-dealkylation sites (N-methyl/N-ethyl adjacent to an activating group) is 2. The second kappa shape index (κ2) is 33.7. The van der Waals surface area contributed by atoms with Crippen LogP contribution in [0.15, 0.2) is 42.7 Å². The average molecular weight is 1220 g/mol. The van der Waals surface area contributed by atoms with Gasteiger partial charge < -0.3 is 60.3 Å². The van der Waals surface area contributed by atoms with E-state index in [0.29, 0.717) is 42.9 Å². The lowest BCUT2D eigenvalue weighted by Gasteiger charge is -2.41. The van der Waals surface area contributed by atoms with Gasteiger partial charge in [-0.3, -0.25) is 38.1 Å². The van der Waals surface area contributed by atoms with Gasteiger partial charge in [-0.2, -0.15) is 0 Å². The molecule has 0 radical (unpaired) electrons. The molecule has 1 aromatic carbocycles. The van der Waals surface area contributed by atoms with E-state index < -0.39 is 80.0 Å². The highest BCUT2D eigenvalue weighted by Gasteiger charge is 2.44. The van der Waals surface area contributed by atoms with Crippen molar-refractivity contribution in [3.05, 3.63) is 54.1 Å². The number of aliphatic hydroxyl groups excluding tert-OH is 1. The monoisotopic (exact) mass is 1220 g/mol. The fourth-order valence-corrected chi connectivity index (χ4v) is 12.3. The van der Waals surface area contributed by atoms with Gasteiger partial charge in [-0.15, -0.1) is 20.4 Å². The number of aliphatic hydroxyl groups is 1. The lowest BCUT2D eigenvalue weighted by molar-refractivity contribution is -0.148. The van der Waals surface area contributed by atoms with Crippen molar-refractivity contribution < 1.29 is 62.5 Å². The van der Waals surface area contributed by atoms with E-state index in [2.05, 4.69) is 51.6 Å². The number of likely N-dealkylation sites (tertiary alicyclic amines) is 1. The van der Waals surface area contributed by atoms with Gasteiger partial charge in [-0.05, 0) is 43.1 Å². The summed E-state index contributed by atoms with van der Waals surface area (Å²) in [7, 11) is 4.60. The van der Waals surface area contributed by atoms with E-state index >= 15 is 0 Å². The van der Waals surface area contributed by atoms with Crippen molar-refractivity contribution in [3.63, 3.8) is 0 Å². The largest absolute Gasteiger partial charge is 0.386 e. The van der Waals surface area contributed by atoms with Crippen LogP contribution in [-0.2, 0) is 53.8 Å². The van der Waals surface area contributed by atoms with E-state index in [0.717, 1.165) is 0 Å². The second-order valence-electron chi connectivity index (χ2n) is 21.4. The highest BCUT2D eigenvalue weighted by molar-refractivity contribution is 8.76. The average Bonchev–Trinajstić information content (AvgIpc) is 4.22. The SMILES string of the molecule is CC[C@H](C)[C@@H]([C@@H](CC(=O)N1CCC[C@H]1[C@H](OC)[C@@H](C)C(=O)N[C@H](C)[C@@H](O)c1ccccc1)OC)N(C)C(=O)[C@@H](NC(=O)[C@H](C(C)C)N(C)C(=O)CCSSCCC(=O)NCC(=O)Nc1cnc(-c2nnc(CP(=O)(O)O)nn2)nc1)C(C)C. The molecule has 1 fully saturated rings. The van der Waals surface area contributed by atoms with Gasteiger partial charge in [0.15, 0.2) is 5.82 Å². The molecule has 0 aliphatic carbocycles. The molecule has 29 heteroatoms. The predicted molar refractivity (Wildman–Crippen MR) is 313 cm³/mol. The highest BCUT2D eigenvalue weighted by atomic mass is 33.1. The quantitative estimate of drug-likeness (QED) is 0.0261. The van der Waals surface area contributed by atoms with Crippen LogP contribution in [0.5, 0.6) is 0 Å². The van der Waals surface area contributed by atoms with Gasteiger partial charge in [-0.1, -0.05) is 107 Å². The van der Waals surface area contributed by atoms with Gasteiger partial charge in [0.1, 0.15) is 18.2 Å². The predicted octanol–water partition coefficient (Wildman–Crippen LogP) is 3.40. The minimum absolute atomic E-state index is 0.00307. The summed E-state index contributed by atoms with van der Waals surface area (Å²) in [6, 6.07) is 5.58. The van der Waals surface area contributed by atoms with E-state index in [-0.39, 0.29) is 96.3 Å². The lowest BCUT2D eigenvalue weighted by atomic mass is 9.89. The van der Waals surface area contributed by atoms with Crippen molar-refractivity contribution >= 4 is 76.2 Å². The Balaban J connectivity index is 1.26. The summed E-state index contributed by atoms with van der Waals surface area (Å²) in [6.07, 6.45) is 1.57. The number of benzene rings is 1. The van der Waals surface area contributed by atoms with Crippen LogP contribution in [-0.4, -0.2) is 197 Å². The standard InChI is InChI=1S/C54H84N13O13PS2/c1-13-33(6)47(39(79-11)26-44(71)67-23-17-20-38(67)49(80-12)34(7)52(73)58-35(8)48(72)36-18-15-14-16-19-36)66(10)54(75)45(31(2)3)60-53(74)46(32(4)5)65(9)43(70)22-25-83-82-24-21-41(68)55-29-42(69)59-37-27-56-50(57-28-37)51-63-61-40(62-64-51)30-81(76,77)78/h14-16,18-19,27-28,31-35,38-39,45-49,72H,13,17,20-26,29-30H2,1-12H3,(H,55,68)(H,58,73)(H,59,69)(H,60,74)(H2,76,77,78)/t33-,34+,35+,38-,39+,45-,46-,47-,48+,49+/m0/s1. The number of aromatic nitrogens is 6. The number of nitrogens with zero attached hydrogens (tertiary/aromatic N) is 9. The molecule has 0 spiro atoms. The molecule has 83 heavy (non-hydrogen) atoms. The van der Waals surface area contributed by atoms with Crippen molar-refractivity contribution in [2.45, 2.75) is 149 Å². The minimum Gasteiger partial charge on any atom is -0.386 e. The Labute approximate surface area is 493 Å². The fraction of sp³-hybridized carbons (Fsp3) is 0.648. The van der Waals surface area contributed by atoms with Crippen LogP contribution >= 0.6 is 29.2 Å². The molecule has 7 N–H and O–H groups in total. The molecule has 10 atom stereocenters. The Kier molecular flexibility index (Phi) is 28.3. The number of anilines is 1. The van der Waals surface area contributed by atoms with Gasteiger partial charge >= 0.3 is 7.60 Å². The number of carbonyl (C=O) groups excluding carboxylic acids is 7. The highest BCUT2D eigenvalue weighted by Crippen LogP contribution is 2.37. The van der Waals surface area contributed by atoms with Crippen molar-refractivity contribution in [1.82, 2.24) is 61.0 Å². The molecule has 4 rings (SSSR count). The van der Waals surface area contributed by atoms with Crippen molar-refractivity contribution in [3.8, 4) is 11.6 Å². The normalized spacial score (nSPS) is 16.8. The summed E-state index contributed by atoms with van der Waals surface area (Å²) < 4.78 is 23.2. The maximum atomic E-state index is 14.7. The molecule has 1 aliphatic heterocycles. The zero-order chi connectivity index (χ0) is 61.7. The molecule has 3 heterocycles. The molecule has 0 bridgehead atoms. The number of amides is 7. The van der Waals surface area contributed by atoms with Gasteiger partial charge in [-0.25, -0.2) is 9.97 Å². The number of rotatable bonds is 33. The summed E-state index contributed by atoms with van der Waals surface area (Å²) in [5.41, 5.74) is 0.886. The van der Waals surface area contributed by atoms with E-state index in [1.807, 2.05) is 59.7 Å². The molecule has 0 unspecified atom stereocenters. The van der Waals surface area contributed by atoms with Gasteiger partial charge in [0.2, 0.25) is 53.0 Å². The summed E-state index contributed by atoms with van der Waals surface area (Å²) in [4.78, 5) is 126. The third-order valence-electron chi connectivity index (χ3n) is 14.5. The number of hydrogen-bond donors (Lipinski definition) is 7. The Morgan fingerprint density at radius 2 is 1.43 bits per heavy atom. The number of nitrogens with one attached hydrogen (secondary N) is 4. The number of hydrogen-bond acceptors (Lipinski definition) is 19. The van der Waals surface area contributed by atoms with E-state index in [9.17, 15) is 43.2 Å². The molecular formula is C54H84N13O13PS2. The Morgan fingerprint density at radius 1 is 0.807 bits per heavy atom. The van der Waals surface area contributed by atoms with E-state index in [4.69, 9.17) is 19.3 Å². The Hall–Kier alpha value is -5.74. The van der Waals surface area contributed by atoms with Crippen LogP contribution in [0.4, 0.5) is 5.69 Å². The van der Waals surface area contributed by atoms with Crippen LogP contribution in [0.25, 0.3) is 11.6 Å². The Morgan fingerprint density at radius 3 is 2.00 bits per heavy atom. The zero-order valence-corrected chi connectivity index (χ0v) is 52.0. The van der Waals surface area contributed by atoms with Crippen LogP contribution < -0.4 is 21.3 Å². The van der Waals surface area contributed by atoms with Crippen LogP contribution in [0.3, 0.4) is 0 Å². The molecule has 1 saturated heterocycles. The third kappa shape index (κ3) is 21.1. The summed E-state index contributed by atoms with van der Waals surface area (Å²) in [5, 5.41) is 36.6. The topological polar surface area (TPSA) is 351 Å². The Bertz CT molecular complexity index is 2650. The molecule has 1 aliphatic rings. The number of carbonyl (C=O) groups is 7. The van der Waals surface area contributed by atoms with Crippen molar-refractivity contribution in [2.75, 3.05) is 58.2 Å². The second-order valence-corrected chi connectivity index (χ2v) is 25.7. The number of ether oxygens (including phenoxy) is 2. The number of methoxy groups -OCH3 is 2. The van der Waals surface area contributed by atoms with Crippen LogP contribution in [0, 0.1) is 23.7 Å². The zero-order valence-electron chi connectivity index (χ0n) is 49.5. The molecule has 460 valence electrons. The molecular weight excluding hydrogens is 1130 g/mol. The van der Waals surface area contributed by atoms with E-state index in [1.54, 1.807) is 49.9 Å². The van der Waals surface area contributed by atoms with Crippen LogP contribution in [0.2, 0.25) is 0 Å². The summed E-state index contributed by atoms with van der Waals surface area (Å²) >= 11 is 0. The molecule has 26 nitrogen and oxygen atoms in total. The summed E-state index contributed by atoms with van der Waals surface area (Å²) in [5.74, 6) is -3.70. The van der Waals surface area contributed by atoms with Crippen molar-refractivity contribution in [2.24, 2.45) is 23.7 Å². The fourth-order valence-electron chi connectivity index (χ4n) is 9.86. The van der Waals surface area contributed by atoms with Gasteiger partial charge in [0, 0.05) is 59.2 Å². The smallest absolute Gasteiger partial charge is 0.333 e.